The zero-order valence-electron chi connectivity index (χ0n) is 10.3. The van der Waals surface area contributed by atoms with E-state index >= 15 is 0 Å². The summed E-state index contributed by atoms with van der Waals surface area (Å²) in [5.74, 6) is -0.200. The molecule has 98 valence electrons. The highest BCUT2D eigenvalue weighted by molar-refractivity contribution is 5.78. The number of amides is 1. The number of nitrogens with zero attached hydrogens (tertiary/aromatic N) is 2. The van der Waals surface area contributed by atoms with Gasteiger partial charge in [-0.25, -0.2) is 4.39 Å². The molecule has 1 fully saturated rings. The molecule has 1 aromatic carbocycles. The van der Waals surface area contributed by atoms with E-state index in [4.69, 9.17) is 5.73 Å². The van der Waals surface area contributed by atoms with E-state index in [0.29, 0.717) is 0 Å². The molecule has 18 heavy (non-hydrogen) atoms. The van der Waals surface area contributed by atoms with Gasteiger partial charge >= 0.3 is 0 Å². The highest BCUT2D eigenvalue weighted by Crippen LogP contribution is 2.09. The van der Waals surface area contributed by atoms with Crippen molar-refractivity contribution >= 4 is 5.91 Å². The molecule has 0 radical (unpaired) electrons. The van der Waals surface area contributed by atoms with E-state index in [1.165, 1.54) is 12.1 Å². The third-order valence-electron chi connectivity index (χ3n) is 3.22. The van der Waals surface area contributed by atoms with Crippen LogP contribution in [0.2, 0.25) is 0 Å². The summed E-state index contributed by atoms with van der Waals surface area (Å²) in [6.07, 6.45) is 0. The van der Waals surface area contributed by atoms with Gasteiger partial charge in [-0.1, -0.05) is 12.1 Å². The van der Waals surface area contributed by atoms with Crippen LogP contribution in [0, 0.1) is 5.82 Å². The summed E-state index contributed by atoms with van der Waals surface area (Å²) in [4.78, 5) is 15.5. The fourth-order valence-electron chi connectivity index (χ4n) is 2.13. The Morgan fingerprint density at radius 2 is 1.78 bits per heavy atom. The summed E-state index contributed by atoms with van der Waals surface area (Å²) >= 11 is 0. The molecule has 1 aromatic rings. The van der Waals surface area contributed by atoms with E-state index in [0.717, 1.165) is 38.3 Å². The van der Waals surface area contributed by atoms with Gasteiger partial charge in [-0.05, 0) is 17.7 Å². The molecule has 1 aliphatic rings. The van der Waals surface area contributed by atoms with E-state index in [1.807, 2.05) is 0 Å². The summed E-state index contributed by atoms with van der Waals surface area (Å²) in [7, 11) is 0. The number of carbonyl (C=O) groups is 1. The summed E-state index contributed by atoms with van der Waals surface area (Å²) < 4.78 is 12.8. The number of hydrogen-bond acceptors (Lipinski definition) is 3. The van der Waals surface area contributed by atoms with E-state index < -0.39 is 0 Å². The van der Waals surface area contributed by atoms with Crippen molar-refractivity contribution in [1.29, 1.82) is 0 Å². The zero-order chi connectivity index (χ0) is 13.0. The van der Waals surface area contributed by atoms with Gasteiger partial charge in [-0.15, -0.1) is 0 Å². The van der Waals surface area contributed by atoms with Crippen LogP contribution in [0.3, 0.4) is 0 Å². The normalized spacial score (nSPS) is 16.9. The fraction of sp³-hybridized carbons (Fsp3) is 0.462. The lowest BCUT2D eigenvalue weighted by atomic mass is 10.2. The molecule has 0 spiro atoms. The Morgan fingerprint density at radius 3 is 2.33 bits per heavy atom. The van der Waals surface area contributed by atoms with Crippen LogP contribution in [0.1, 0.15) is 5.56 Å². The van der Waals surface area contributed by atoms with Crippen molar-refractivity contribution in [2.45, 2.75) is 6.54 Å². The molecule has 2 N–H and O–H groups in total. The zero-order valence-corrected chi connectivity index (χ0v) is 10.3. The van der Waals surface area contributed by atoms with Crippen LogP contribution >= 0.6 is 0 Å². The molecule has 1 amide bonds. The first-order valence-electron chi connectivity index (χ1n) is 6.13. The van der Waals surface area contributed by atoms with Crippen molar-refractivity contribution in [2.75, 3.05) is 32.7 Å². The summed E-state index contributed by atoms with van der Waals surface area (Å²) in [6.45, 7) is 3.99. The molecule has 2 rings (SSSR count). The first-order valence-corrected chi connectivity index (χ1v) is 6.13. The molecule has 0 aromatic heterocycles. The summed E-state index contributed by atoms with van der Waals surface area (Å²) in [5, 5.41) is 0. The van der Waals surface area contributed by atoms with Crippen molar-refractivity contribution in [1.82, 2.24) is 9.80 Å². The molecular weight excluding hydrogens is 233 g/mol. The van der Waals surface area contributed by atoms with Gasteiger partial charge in [-0.3, -0.25) is 9.69 Å². The summed E-state index contributed by atoms with van der Waals surface area (Å²) in [6, 6.07) is 6.55. The van der Waals surface area contributed by atoms with Crippen molar-refractivity contribution in [3.05, 3.63) is 35.6 Å². The lowest BCUT2D eigenvalue weighted by molar-refractivity contribution is -0.131. The maximum Gasteiger partial charge on any atom is 0.236 e. The van der Waals surface area contributed by atoms with Gasteiger partial charge in [0.2, 0.25) is 5.91 Å². The molecule has 1 heterocycles. The number of halogens is 1. The Labute approximate surface area is 106 Å². The molecule has 4 nitrogen and oxygen atoms in total. The van der Waals surface area contributed by atoms with Gasteiger partial charge in [0.05, 0.1) is 6.54 Å². The SMILES string of the molecule is NCC(=O)N1CCN(Cc2ccc(F)cc2)CC1. The van der Waals surface area contributed by atoms with E-state index in [-0.39, 0.29) is 18.3 Å². The van der Waals surface area contributed by atoms with E-state index in [1.54, 1.807) is 17.0 Å². The Bertz CT molecular complexity index is 399. The summed E-state index contributed by atoms with van der Waals surface area (Å²) in [5.41, 5.74) is 6.43. The van der Waals surface area contributed by atoms with E-state index in [9.17, 15) is 9.18 Å². The molecule has 0 saturated carbocycles. The lowest BCUT2D eigenvalue weighted by Crippen LogP contribution is -2.49. The second kappa shape index (κ2) is 5.93. The number of carbonyl (C=O) groups excluding carboxylic acids is 1. The molecule has 5 heteroatoms. The van der Waals surface area contributed by atoms with Crippen LogP contribution in [0.5, 0.6) is 0 Å². The smallest absolute Gasteiger partial charge is 0.236 e. The van der Waals surface area contributed by atoms with Crippen LogP contribution < -0.4 is 5.73 Å². The first kappa shape index (κ1) is 13.0. The standard InChI is InChI=1S/C13H18FN3O/c14-12-3-1-11(2-4-12)10-16-5-7-17(8-6-16)13(18)9-15/h1-4H,5-10,15H2. The molecule has 0 atom stereocenters. The monoisotopic (exact) mass is 251 g/mol. The number of nitrogens with two attached hydrogens (primary N) is 1. The molecule has 0 aliphatic carbocycles. The van der Waals surface area contributed by atoms with E-state index in [2.05, 4.69) is 4.90 Å². The predicted octanol–water partition coefficient (Wildman–Crippen LogP) is 0.429. The molecular formula is C13H18FN3O. The Hall–Kier alpha value is -1.46. The highest BCUT2D eigenvalue weighted by Gasteiger charge is 2.19. The quantitative estimate of drug-likeness (QED) is 0.847. The number of hydrogen-bond donors (Lipinski definition) is 1. The lowest BCUT2D eigenvalue weighted by Gasteiger charge is -2.34. The largest absolute Gasteiger partial charge is 0.339 e. The molecule has 0 unspecified atom stereocenters. The third kappa shape index (κ3) is 3.27. The maximum absolute atomic E-state index is 12.8. The minimum atomic E-state index is -0.211. The van der Waals surface area contributed by atoms with Gasteiger partial charge in [0.15, 0.2) is 0 Å². The predicted molar refractivity (Wildman–Crippen MR) is 67.3 cm³/mol. The maximum atomic E-state index is 12.8. The van der Waals surface area contributed by atoms with Crippen molar-refractivity contribution in [3.63, 3.8) is 0 Å². The Morgan fingerprint density at radius 1 is 1.17 bits per heavy atom. The molecule has 1 saturated heterocycles. The molecule has 1 aliphatic heterocycles. The van der Waals surface area contributed by atoms with Gasteiger partial charge in [-0.2, -0.15) is 0 Å². The minimum Gasteiger partial charge on any atom is -0.339 e. The Balaban J connectivity index is 1.83. The van der Waals surface area contributed by atoms with Crippen molar-refractivity contribution in [3.8, 4) is 0 Å². The molecule has 0 bridgehead atoms. The number of piperazine rings is 1. The van der Waals surface area contributed by atoms with Crippen LogP contribution in [0.15, 0.2) is 24.3 Å². The third-order valence-corrected chi connectivity index (χ3v) is 3.22. The minimum absolute atomic E-state index is 0.0106. The second-order valence-electron chi connectivity index (χ2n) is 4.49. The highest BCUT2D eigenvalue weighted by atomic mass is 19.1. The van der Waals surface area contributed by atoms with Crippen molar-refractivity contribution < 1.29 is 9.18 Å². The van der Waals surface area contributed by atoms with Gasteiger partial charge in [0.1, 0.15) is 5.82 Å². The van der Waals surface area contributed by atoms with Crippen LogP contribution in [-0.4, -0.2) is 48.4 Å². The topological polar surface area (TPSA) is 49.6 Å². The Kier molecular flexibility index (Phi) is 4.28. The first-order chi connectivity index (χ1) is 8.69. The average molecular weight is 251 g/mol. The average Bonchev–Trinajstić information content (AvgIpc) is 2.41. The van der Waals surface area contributed by atoms with Gasteiger partial charge in [0.25, 0.3) is 0 Å². The fourth-order valence-corrected chi connectivity index (χ4v) is 2.13. The van der Waals surface area contributed by atoms with Crippen molar-refractivity contribution in [2.24, 2.45) is 5.73 Å². The second-order valence-corrected chi connectivity index (χ2v) is 4.49. The van der Waals surface area contributed by atoms with Crippen LogP contribution in [0.25, 0.3) is 0 Å². The van der Waals surface area contributed by atoms with Crippen LogP contribution in [0.4, 0.5) is 4.39 Å². The number of rotatable bonds is 3. The van der Waals surface area contributed by atoms with Gasteiger partial charge in [0, 0.05) is 32.7 Å². The van der Waals surface area contributed by atoms with Crippen LogP contribution in [-0.2, 0) is 11.3 Å². The number of benzene rings is 1. The van der Waals surface area contributed by atoms with Gasteiger partial charge < -0.3 is 10.6 Å².